The molecule has 2 aliphatic rings. The fourth-order valence-corrected chi connectivity index (χ4v) is 8.04. The van der Waals surface area contributed by atoms with Crippen LogP contribution in [0.2, 0.25) is 0 Å². The van der Waals surface area contributed by atoms with Crippen LogP contribution in [0.3, 0.4) is 0 Å². The SMILES string of the molecule is CO[C@]1(C)C[C@@](c2n[nH]c(=O)o2)(c2cc(F)c(CN3[C@@H](C)CC[C@H](c4ccccc4)S3(=O)=O)cc2F)C1. The molecule has 3 aromatic rings. The van der Waals surface area contributed by atoms with Gasteiger partial charge in [-0.3, -0.25) is 0 Å². The van der Waals surface area contributed by atoms with E-state index in [2.05, 4.69) is 10.2 Å². The molecule has 0 bridgehead atoms. The van der Waals surface area contributed by atoms with E-state index in [0.29, 0.717) is 18.4 Å². The van der Waals surface area contributed by atoms with Gasteiger partial charge in [0.25, 0.3) is 0 Å². The highest BCUT2D eigenvalue weighted by Crippen LogP contribution is 2.56. The Morgan fingerprint density at radius 3 is 2.49 bits per heavy atom. The van der Waals surface area contributed by atoms with Crippen LogP contribution in [0.25, 0.3) is 0 Å². The fourth-order valence-electron chi connectivity index (χ4n) is 5.86. The molecular formula is C26H29F2N3O5S. The van der Waals surface area contributed by atoms with E-state index in [1.807, 2.05) is 13.0 Å². The van der Waals surface area contributed by atoms with Crippen LogP contribution < -0.4 is 5.76 Å². The molecule has 1 aliphatic heterocycles. The number of nitrogens with zero attached hydrogens (tertiary/aromatic N) is 2. The number of ether oxygens (including phenoxy) is 1. The Morgan fingerprint density at radius 1 is 1.16 bits per heavy atom. The lowest BCUT2D eigenvalue weighted by molar-refractivity contribution is -0.101. The first-order valence-electron chi connectivity index (χ1n) is 12.1. The van der Waals surface area contributed by atoms with Crippen molar-refractivity contribution in [3.05, 3.63) is 87.2 Å². The Labute approximate surface area is 213 Å². The van der Waals surface area contributed by atoms with Crippen LogP contribution in [-0.2, 0) is 26.7 Å². The van der Waals surface area contributed by atoms with Gasteiger partial charge in [0.1, 0.15) is 16.9 Å². The summed E-state index contributed by atoms with van der Waals surface area (Å²) in [5, 5.41) is 5.34. The van der Waals surface area contributed by atoms with Crippen molar-refractivity contribution in [2.75, 3.05) is 7.11 Å². The number of aromatic nitrogens is 2. The molecule has 37 heavy (non-hydrogen) atoms. The second kappa shape index (κ2) is 9.14. The number of hydrogen-bond acceptors (Lipinski definition) is 6. The summed E-state index contributed by atoms with van der Waals surface area (Å²) < 4.78 is 70.2. The first-order chi connectivity index (χ1) is 17.5. The minimum absolute atomic E-state index is 0.0183. The summed E-state index contributed by atoms with van der Waals surface area (Å²) in [4.78, 5) is 11.6. The Hall–Kier alpha value is -2.89. The largest absolute Gasteiger partial charge is 0.434 e. The zero-order chi connectivity index (χ0) is 26.6. The third-order valence-corrected chi connectivity index (χ3v) is 10.2. The quantitative estimate of drug-likeness (QED) is 0.510. The van der Waals surface area contributed by atoms with Gasteiger partial charge in [0.2, 0.25) is 15.9 Å². The van der Waals surface area contributed by atoms with Gasteiger partial charge < -0.3 is 9.15 Å². The van der Waals surface area contributed by atoms with Gasteiger partial charge in [0.05, 0.1) is 11.0 Å². The van der Waals surface area contributed by atoms with E-state index in [9.17, 15) is 13.2 Å². The summed E-state index contributed by atoms with van der Waals surface area (Å²) in [6.45, 7) is 3.30. The first-order valence-corrected chi connectivity index (χ1v) is 13.6. The minimum Gasteiger partial charge on any atom is -0.391 e. The van der Waals surface area contributed by atoms with Gasteiger partial charge in [-0.15, -0.1) is 5.10 Å². The summed E-state index contributed by atoms with van der Waals surface area (Å²) in [5.41, 5.74) is -1.25. The molecule has 198 valence electrons. The molecule has 1 aliphatic carbocycles. The van der Waals surface area contributed by atoms with Gasteiger partial charge >= 0.3 is 5.76 Å². The Kier molecular flexibility index (Phi) is 6.36. The molecule has 2 fully saturated rings. The summed E-state index contributed by atoms with van der Waals surface area (Å²) in [6, 6.07) is 10.6. The lowest BCUT2D eigenvalue weighted by Gasteiger charge is -2.52. The van der Waals surface area contributed by atoms with Crippen molar-refractivity contribution in [3.8, 4) is 0 Å². The average molecular weight is 534 g/mol. The molecule has 1 saturated heterocycles. The topological polar surface area (TPSA) is 106 Å². The molecule has 0 unspecified atom stereocenters. The van der Waals surface area contributed by atoms with Gasteiger partial charge in [-0.1, -0.05) is 30.3 Å². The first kappa shape index (κ1) is 25.7. The molecule has 2 aromatic carbocycles. The number of aromatic amines is 1. The van der Waals surface area contributed by atoms with Gasteiger partial charge in [-0.2, -0.15) is 4.31 Å². The van der Waals surface area contributed by atoms with E-state index in [1.54, 1.807) is 31.2 Å². The third kappa shape index (κ3) is 4.32. The second-order valence-corrected chi connectivity index (χ2v) is 12.4. The van der Waals surface area contributed by atoms with E-state index < -0.39 is 43.7 Å². The normalized spacial score (nSPS) is 29.6. The molecule has 0 spiro atoms. The van der Waals surface area contributed by atoms with Gasteiger partial charge in [0.15, 0.2) is 0 Å². The lowest BCUT2D eigenvalue weighted by Crippen LogP contribution is -2.55. The van der Waals surface area contributed by atoms with Crippen molar-refractivity contribution in [1.29, 1.82) is 0 Å². The summed E-state index contributed by atoms with van der Waals surface area (Å²) >= 11 is 0. The van der Waals surface area contributed by atoms with E-state index in [0.717, 1.165) is 12.1 Å². The number of benzene rings is 2. The van der Waals surface area contributed by atoms with Crippen LogP contribution in [0.1, 0.15) is 67.4 Å². The molecule has 11 heteroatoms. The maximum absolute atomic E-state index is 15.6. The molecular weight excluding hydrogens is 504 g/mol. The molecule has 8 nitrogen and oxygen atoms in total. The van der Waals surface area contributed by atoms with Gasteiger partial charge in [0, 0.05) is 30.8 Å². The van der Waals surface area contributed by atoms with Crippen molar-refractivity contribution in [1.82, 2.24) is 14.5 Å². The summed E-state index contributed by atoms with van der Waals surface area (Å²) in [7, 11) is -2.30. The maximum atomic E-state index is 15.6. The third-order valence-electron chi connectivity index (χ3n) is 7.87. The highest BCUT2D eigenvalue weighted by atomic mass is 32.2. The fraction of sp³-hybridized carbons (Fsp3) is 0.462. The average Bonchev–Trinajstić information content (AvgIpc) is 3.28. The van der Waals surface area contributed by atoms with Crippen molar-refractivity contribution >= 4 is 10.0 Å². The van der Waals surface area contributed by atoms with Crippen LogP contribution in [0, 0.1) is 11.6 Å². The second-order valence-electron chi connectivity index (χ2n) is 10.3. The van der Waals surface area contributed by atoms with Crippen molar-refractivity contribution < 1.29 is 26.4 Å². The number of hydrogen-bond donors (Lipinski definition) is 1. The van der Waals surface area contributed by atoms with E-state index in [1.165, 1.54) is 11.4 Å². The zero-order valence-electron chi connectivity index (χ0n) is 20.8. The van der Waals surface area contributed by atoms with E-state index >= 15 is 8.78 Å². The van der Waals surface area contributed by atoms with Crippen LogP contribution in [-0.4, -0.2) is 41.7 Å². The molecule has 2 heterocycles. The summed E-state index contributed by atoms with van der Waals surface area (Å²) in [5.74, 6) is -2.32. The maximum Gasteiger partial charge on any atom is 0.434 e. The van der Waals surface area contributed by atoms with Crippen molar-refractivity contribution in [2.45, 2.75) is 68.4 Å². The highest BCUT2D eigenvalue weighted by Gasteiger charge is 2.59. The predicted molar refractivity (Wildman–Crippen MR) is 131 cm³/mol. The van der Waals surface area contributed by atoms with Crippen molar-refractivity contribution in [2.24, 2.45) is 0 Å². The van der Waals surface area contributed by atoms with Crippen LogP contribution in [0.5, 0.6) is 0 Å². The van der Waals surface area contributed by atoms with Crippen molar-refractivity contribution in [3.63, 3.8) is 0 Å². The molecule has 1 N–H and O–H groups in total. The standard InChI is InChI=1S/C26H29F2N3O5S/c1-16-9-10-22(17-7-5-4-6-8-17)37(33,34)31(16)13-18-11-21(28)19(12-20(18)27)26(14-25(2,15-26)35-3)23-29-30-24(32)36-23/h4-8,11-12,16,22H,9-10,13-15H2,1-3H3,(H,30,32)/t16-,22+,25-,26+/m0/s1. The van der Waals surface area contributed by atoms with Crippen LogP contribution in [0.4, 0.5) is 8.78 Å². The number of H-pyrrole nitrogens is 1. The lowest BCUT2D eigenvalue weighted by atomic mass is 9.56. The van der Waals surface area contributed by atoms with E-state index in [-0.39, 0.29) is 42.4 Å². The Balaban J connectivity index is 1.49. The number of rotatable bonds is 6. The summed E-state index contributed by atoms with van der Waals surface area (Å²) in [6.07, 6.45) is 1.49. The molecule has 5 rings (SSSR count). The zero-order valence-corrected chi connectivity index (χ0v) is 21.6. The number of methoxy groups -OCH3 is 1. The Morgan fingerprint density at radius 2 is 1.86 bits per heavy atom. The molecule has 0 radical (unpaired) electrons. The van der Waals surface area contributed by atoms with E-state index in [4.69, 9.17) is 9.15 Å². The monoisotopic (exact) mass is 533 g/mol. The number of nitrogens with one attached hydrogen (secondary N) is 1. The molecule has 2 atom stereocenters. The number of sulfonamides is 1. The van der Waals surface area contributed by atoms with Gasteiger partial charge in [-0.25, -0.2) is 27.1 Å². The minimum atomic E-state index is -3.82. The van der Waals surface area contributed by atoms with Gasteiger partial charge in [-0.05, 0) is 57.2 Å². The number of halogens is 2. The smallest absolute Gasteiger partial charge is 0.391 e. The predicted octanol–water partition coefficient (Wildman–Crippen LogP) is 4.18. The highest BCUT2D eigenvalue weighted by molar-refractivity contribution is 7.89. The van der Waals surface area contributed by atoms with Crippen LogP contribution in [0.15, 0.2) is 51.7 Å². The Bertz CT molecular complexity index is 1460. The molecule has 1 aromatic heterocycles. The molecule has 1 saturated carbocycles. The van der Waals surface area contributed by atoms with Crippen LogP contribution >= 0.6 is 0 Å². The molecule has 0 amide bonds.